The highest BCUT2D eigenvalue weighted by atomic mass is 32.1. The number of aromatic nitrogens is 1. The molecule has 2 N–H and O–H groups in total. The molecule has 1 aliphatic rings. The molecule has 2 aromatic rings. The molecule has 0 radical (unpaired) electrons. The lowest BCUT2D eigenvalue weighted by molar-refractivity contribution is -0.142. The molecule has 3 rings (SSSR count). The van der Waals surface area contributed by atoms with Crippen LogP contribution in [-0.2, 0) is 9.53 Å². The summed E-state index contributed by atoms with van der Waals surface area (Å²) in [6.45, 7) is 0.978. The van der Waals surface area contributed by atoms with E-state index >= 15 is 0 Å². The van der Waals surface area contributed by atoms with Gasteiger partial charge in [0, 0.05) is 23.5 Å². The molecule has 1 amide bonds. The first-order chi connectivity index (χ1) is 11.1. The topological polar surface area (TPSA) is 102 Å². The average Bonchev–Trinajstić information content (AvgIpc) is 3.23. The smallest absolute Gasteiger partial charge is 0.326 e. The van der Waals surface area contributed by atoms with Crippen molar-refractivity contribution >= 4 is 23.2 Å². The van der Waals surface area contributed by atoms with Gasteiger partial charge < -0.3 is 19.6 Å². The van der Waals surface area contributed by atoms with Crippen molar-refractivity contribution in [2.45, 2.75) is 18.9 Å². The van der Waals surface area contributed by atoms with Gasteiger partial charge in [0.05, 0.1) is 12.9 Å². The van der Waals surface area contributed by atoms with Crippen molar-refractivity contribution < 1.29 is 23.8 Å². The van der Waals surface area contributed by atoms with Gasteiger partial charge >= 0.3 is 5.97 Å². The Labute approximate surface area is 136 Å². The summed E-state index contributed by atoms with van der Waals surface area (Å²) in [5, 5.41) is 14.2. The predicted octanol–water partition coefficient (Wildman–Crippen LogP) is 2.01. The fourth-order valence-electron chi connectivity index (χ4n) is 2.52. The van der Waals surface area contributed by atoms with Crippen molar-refractivity contribution in [3.8, 4) is 10.6 Å². The van der Waals surface area contributed by atoms with Crippen LogP contribution in [0, 0.1) is 5.92 Å². The maximum Gasteiger partial charge on any atom is 0.326 e. The molecule has 2 unspecified atom stereocenters. The van der Waals surface area contributed by atoms with Gasteiger partial charge in [0.25, 0.3) is 5.91 Å². The van der Waals surface area contributed by atoms with Crippen LogP contribution >= 0.6 is 11.3 Å². The number of hydrogen-bond acceptors (Lipinski definition) is 6. The van der Waals surface area contributed by atoms with E-state index in [4.69, 9.17) is 9.15 Å². The maximum absolute atomic E-state index is 12.3. The SMILES string of the molecule is O=C(NC(C(=O)O)C1CCCOC1)c1csc(-c2ccoc2)n1. The van der Waals surface area contributed by atoms with E-state index in [0.29, 0.717) is 24.6 Å². The number of carbonyl (C=O) groups is 2. The maximum atomic E-state index is 12.3. The Morgan fingerprint density at radius 1 is 1.48 bits per heavy atom. The molecule has 0 aliphatic carbocycles. The van der Waals surface area contributed by atoms with Crippen molar-refractivity contribution in [1.82, 2.24) is 10.3 Å². The summed E-state index contributed by atoms with van der Waals surface area (Å²) in [6.07, 6.45) is 4.58. The molecule has 3 heterocycles. The van der Waals surface area contributed by atoms with E-state index < -0.39 is 17.9 Å². The lowest BCUT2D eigenvalue weighted by atomic mass is 9.93. The number of ether oxygens (including phenoxy) is 1. The molecular weight excluding hydrogens is 320 g/mol. The van der Waals surface area contributed by atoms with Crippen LogP contribution in [0.3, 0.4) is 0 Å². The summed E-state index contributed by atoms with van der Waals surface area (Å²) in [7, 11) is 0. The first-order valence-corrected chi connectivity index (χ1v) is 8.12. The third kappa shape index (κ3) is 3.59. The number of amides is 1. The lowest BCUT2D eigenvalue weighted by Crippen LogP contribution is -2.48. The van der Waals surface area contributed by atoms with Crippen LogP contribution in [0.4, 0.5) is 0 Å². The largest absolute Gasteiger partial charge is 0.480 e. The monoisotopic (exact) mass is 336 g/mol. The van der Waals surface area contributed by atoms with Gasteiger partial charge in [-0.05, 0) is 18.9 Å². The zero-order valence-corrected chi connectivity index (χ0v) is 13.0. The number of carboxylic acids is 1. The normalized spacial score (nSPS) is 19.2. The summed E-state index contributed by atoms with van der Waals surface area (Å²) in [5.74, 6) is -1.77. The minimum atomic E-state index is -1.06. The van der Waals surface area contributed by atoms with Crippen molar-refractivity contribution in [2.24, 2.45) is 5.92 Å². The fourth-order valence-corrected chi connectivity index (χ4v) is 3.31. The lowest BCUT2D eigenvalue weighted by Gasteiger charge is -2.27. The third-order valence-electron chi connectivity index (χ3n) is 3.72. The summed E-state index contributed by atoms with van der Waals surface area (Å²) >= 11 is 1.30. The number of carboxylic acid groups (broad SMARTS) is 1. The van der Waals surface area contributed by atoms with Crippen molar-refractivity contribution in [3.05, 3.63) is 29.7 Å². The molecule has 23 heavy (non-hydrogen) atoms. The second-order valence-corrected chi connectivity index (χ2v) is 6.17. The van der Waals surface area contributed by atoms with E-state index in [0.717, 1.165) is 12.0 Å². The fraction of sp³-hybridized carbons (Fsp3) is 0.400. The number of nitrogens with zero attached hydrogens (tertiary/aromatic N) is 1. The molecule has 0 aromatic carbocycles. The number of rotatable bonds is 5. The van der Waals surface area contributed by atoms with Crippen LogP contribution < -0.4 is 5.32 Å². The van der Waals surface area contributed by atoms with Gasteiger partial charge in [-0.25, -0.2) is 9.78 Å². The second-order valence-electron chi connectivity index (χ2n) is 5.32. The number of thiazole rings is 1. The number of nitrogens with one attached hydrogen (secondary N) is 1. The quantitative estimate of drug-likeness (QED) is 0.866. The molecule has 1 aliphatic heterocycles. The van der Waals surface area contributed by atoms with Crippen molar-refractivity contribution in [1.29, 1.82) is 0 Å². The summed E-state index contributed by atoms with van der Waals surface area (Å²) < 4.78 is 10.3. The molecule has 7 nitrogen and oxygen atoms in total. The van der Waals surface area contributed by atoms with Gasteiger partial charge in [0.1, 0.15) is 23.0 Å². The Hall–Kier alpha value is -2.19. The molecule has 2 atom stereocenters. The van der Waals surface area contributed by atoms with E-state index in [1.165, 1.54) is 17.6 Å². The molecular formula is C15H16N2O5S. The Bertz CT molecular complexity index is 676. The molecule has 8 heteroatoms. The Morgan fingerprint density at radius 3 is 3.00 bits per heavy atom. The minimum absolute atomic E-state index is 0.203. The van der Waals surface area contributed by atoms with Crippen LogP contribution in [-0.4, -0.2) is 41.2 Å². The predicted molar refractivity (Wildman–Crippen MR) is 82.2 cm³/mol. The second kappa shape index (κ2) is 6.93. The summed E-state index contributed by atoms with van der Waals surface area (Å²) in [5.41, 5.74) is 0.985. The highest BCUT2D eigenvalue weighted by Crippen LogP contribution is 2.24. The zero-order chi connectivity index (χ0) is 16.2. The van der Waals surface area contributed by atoms with Crippen LogP contribution in [0.2, 0.25) is 0 Å². The highest BCUT2D eigenvalue weighted by molar-refractivity contribution is 7.13. The number of hydrogen-bond donors (Lipinski definition) is 2. The van der Waals surface area contributed by atoms with Crippen LogP contribution in [0.5, 0.6) is 0 Å². The molecule has 0 saturated carbocycles. The van der Waals surface area contributed by atoms with E-state index in [9.17, 15) is 14.7 Å². The van der Waals surface area contributed by atoms with Crippen LogP contribution in [0.15, 0.2) is 28.4 Å². The van der Waals surface area contributed by atoms with Gasteiger partial charge in [-0.3, -0.25) is 4.79 Å². The minimum Gasteiger partial charge on any atom is -0.480 e. The first kappa shape index (κ1) is 15.7. The van der Waals surface area contributed by atoms with E-state index in [1.54, 1.807) is 17.7 Å². The van der Waals surface area contributed by atoms with E-state index in [-0.39, 0.29) is 11.6 Å². The molecule has 1 fully saturated rings. The van der Waals surface area contributed by atoms with Gasteiger partial charge in [0.2, 0.25) is 0 Å². The number of carbonyl (C=O) groups excluding carboxylic acids is 1. The van der Waals surface area contributed by atoms with E-state index in [2.05, 4.69) is 10.3 Å². The van der Waals surface area contributed by atoms with E-state index in [1.807, 2.05) is 0 Å². The first-order valence-electron chi connectivity index (χ1n) is 7.24. The van der Waals surface area contributed by atoms with Gasteiger partial charge in [-0.1, -0.05) is 0 Å². The average molecular weight is 336 g/mol. The van der Waals surface area contributed by atoms with Crippen molar-refractivity contribution in [2.75, 3.05) is 13.2 Å². The standard InChI is InChI=1S/C15H16N2O5S/c18-13(11-8-23-14(16-11)10-3-5-22-7-10)17-12(15(19)20)9-2-1-4-21-6-9/h3,5,7-9,12H,1-2,4,6H2,(H,17,18)(H,19,20). The Morgan fingerprint density at radius 2 is 2.35 bits per heavy atom. The molecule has 2 aromatic heterocycles. The summed E-state index contributed by atoms with van der Waals surface area (Å²) in [4.78, 5) is 28.0. The zero-order valence-electron chi connectivity index (χ0n) is 12.2. The third-order valence-corrected chi connectivity index (χ3v) is 4.62. The molecule has 0 spiro atoms. The molecule has 0 bridgehead atoms. The van der Waals surface area contributed by atoms with Crippen LogP contribution in [0.1, 0.15) is 23.3 Å². The van der Waals surface area contributed by atoms with Gasteiger partial charge in [0.15, 0.2) is 0 Å². The summed E-state index contributed by atoms with van der Waals surface area (Å²) in [6, 6.07) is 0.779. The number of aliphatic carboxylic acids is 1. The Balaban J connectivity index is 1.70. The molecule has 122 valence electrons. The highest BCUT2D eigenvalue weighted by Gasteiger charge is 2.32. The molecule has 1 saturated heterocycles. The number of furan rings is 1. The van der Waals surface area contributed by atoms with Gasteiger partial charge in [-0.2, -0.15) is 0 Å². The van der Waals surface area contributed by atoms with Crippen molar-refractivity contribution in [3.63, 3.8) is 0 Å². The van der Waals surface area contributed by atoms with Gasteiger partial charge in [-0.15, -0.1) is 11.3 Å². The van der Waals surface area contributed by atoms with Crippen LogP contribution in [0.25, 0.3) is 10.6 Å². The Kier molecular flexibility index (Phi) is 4.73.